The molecule has 0 spiro atoms. The maximum Gasteiger partial charge on any atom is 0.408 e. The minimum atomic E-state index is -0.629. The molecule has 0 aliphatic rings. The normalized spacial score (nSPS) is 11.4. The number of rotatable bonds is 7. The van der Waals surface area contributed by atoms with E-state index in [0.29, 0.717) is 6.42 Å². The lowest BCUT2D eigenvalue weighted by molar-refractivity contribution is -0.109. The molecule has 1 unspecified atom stereocenters. The summed E-state index contributed by atoms with van der Waals surface area (Å²) in [5, 5.41) is 2.60. The third-order valence-corrected chi connectivity index (χ3v) is 4.20. The van der Waals surface area contributed by atoms with Gasteiger partial charge in [-0.25, -0.2) is 4.79 Å². The van der Waals surface area contributed by atoms with Crippen LogP contribution in [0.4, 0.5) is 4.79 Å². The summed E-state index contributed by atoms with van der Waals surface area (Å²) in [6.45, 7) is 0.171. The van der Waals surface area contributed by atoms with Crippen LogP contribution >= 0.6 is 0 Å². The number of benzene rings is 3. The van der Waals surface area contributed by atoms with Crippen LogP contribution in [0.5, 0.6) is 0 Å². The molecule has 4 nitrogen and oxygen atoms in total. The zero-order valence-electron chi connectivity index (χ0n) is 14.9. The van der Waals surface area contributed by atoms with Gasteiger partial charge in [-0.05, 0) is 28.7 Å². The molecule has 0 bridgehead atoms. The zero-order chi connectivity index (χ0) is 18.9. The van der Waals surface area contributed by atoms with Crippen molar-refractivity contribution in [2.45, 2.75) is 19.1 Å². The molecule has 0 heterocycles. The first-order valence-electron chi connectivity index (χ1n) is 8.81. The lowest BCUT2D eigenvalue weighted by atomic mass is 10.0. The fourth-order valence-corrected chi connectivity index (χ4v) is 2.77. The highest BCUT2D eigenvalue weighted by Crippen LogP contribution is 2.19. The minimum Gasteiger partial charge on any atom is -0.445 e. The van der Waals surface area contributed by atoms with Gasteiger partial charge < -0.3 is 14.8 Å². The Bertz CT molecular complexity index is 861. The van der Waals surface area contributed by atoms with Crippen LogP contribution in [-0.4, -0.2) is 18.4 Å². The molecule has 0 aromatic heterocycles. The van der Waals surface area contributed by atoms with Crippen LogP contribution in [-0.2, 0) is 22.6 Å². The minimum absolute atomic E-state index is 0.171. The number of amides is 1. The molecule has 3 aromatic rings. The van der Waals surface area contributed by atoms with Crippen LogP contribution in [0.2, 0.25) is 0 Å². The lowest BCUT2D eigenvalue weighted by Crippen LogP contribution is -2.37. The van der Waals surface area contributed by atoms with Crippen LogP contribution in [0.15, 0.2) is 84.9 Å². The van der Waals surface area contributed by atoms with Gasteiger partial charge in [0.05, 0.1) is 6.04 Å². The summed E-state index contributed by atoms with van der Waals surface area (Å²) in [7, 11) is 0. The van der Waals surface area contributed by atoms with E-state index >= 15 is 0 Å². The summed E-state index contributed by atoms with van der Waals surface area (Å²) >= 11 is 0. The molecule has 1 N–H and O–H groups in total. The Morgan fingerprint density at radius 2 is 1.41 bits per heavy atom. The van der Waals surface area contributed by atoms with Crippen molar-refractivity contribution in [3.8, 4) is 11.1 Å². The molecule has 1 amide bonds. The highest BCUT2D eigenvalue weighted by Gasteiger charge is 2.13. The third kappa shape index (κ3) is 5.54. The SMILES string of the molecule is O=CC(Cc1ccc(-c2ccccc2)cc1)NC(=O)OCc1ccccc1. The average Bonchev–Trinajstić information content (AvgIpc) is 2.73. The molecule has 0 fully saturated rings. The average molecular weight is 359 g/mol. The van der Waals surface area contributed by atoms with Crippen LogP contribution in [0.25, 0.3) is 11.1 Å². The van der Waals surface area contributed by atoms with Crippen molar-refractivity contribution in [1.82, 2.24) is 5.32 Å². The number of ether oxygens (including phenoxy) is 1. The van der Waals surface area contributed by atoms with Crippen molar-refractivity contribution in [2.24, 2.45) is 0 Å². The summed E-state index contributed by atoms with van der Waals surface area (Å²) in [5.74, 6) is 0. The number of hydrogen-bond acceptors (Lipinski definition) is 3. The molecule has 3 aromatic carbocycles. The van der Waals surface area contributed by atoms with E-state index in [1.807, 2.05) is 84.9 Å². The van der Waals surface area contributed by atoms with E-state index in [0.717, 1.165) is 28.5 Å². The molecule has 0 radical (unpaired) electrons. The molecule has 3 rings (SSSR count). The molecule has 1 atom stereocenters. The van der Waals surface area contributed by atoms with Gasteiger partial charge in [-0.3, -0.25) is 0 Å². The van der Waals surface area contributed by atoms with Crippen LogP contribution < -0.4 is 5.32 Å². The highest BCUT2D eigenvalue weighted by atomic mass is 16.5. The summed E-state index contributed by atoms with van der Waals surface area (Å²) in [4.78, 5) is 23.3. The summed E-state index contributed by atoms with van der Waals surface area (Å²) < 4.78 is 5.17. The first-order chi connectivity index (χ1) is 13.2. The number of carbonyl (C=O) groups is 2. The number of aldehydes is 1. The van der Waals surface area contributed by atoms with Crippen LogP contribution in [0.3, 0.4) is 0 Å². The lowest BCUT2D eigenvalue weighted by Gasteiger charge is -2.13. The Hall–Kier alpha value is -3.40. The van der Waals surface area contributed by atoms with E-state index in [2.05, 4.69) is 5.32 Å². The number of carbonyl (C=O) groups excluding carboxylic acids is 2. The fourth-order valence-electron chi connectivity index (χ4n) is 2.77. The van der Waals surface area contributed by atoms with Gasteiger partial charge in [0.15, 0.2) is 0 Å². The molecule has 0 saturated heterocycles. The largest absolute Gasteiger partial charge is 0.445 e. The Morgan fingerprint density at radius 1 is 0.815 bits per heavy atom. The summed E-state index contributed by atoms with van der Waals surface area (Å²) in [6.07, 6.45) is 0.547. The molecular weight excluding hydrogens is 338 g/mol. The second-order valence-corrected chi connectivity index (χ2v) is 6.22. The number of nitrogens with one attached hydrogen (secondary N) is 1. The molecule has 4 heteroatoms. The highest BCUT2D eigenvalue weighted by molar-refractivity contribution is 5.73. The predicted molar refractivity (Wildman–Crippen MR) is 105 cm³/mol. The van der Waals surface area contributed by atoms with Gasteiger partial charge >= 0.3 is 6.09 Å². The molecule has 0 aliphatic carbocycles. The smallest absolute Gasteiger partial charge is 0.408 e. The van der Waals surface area contributed by atoms with E-state index in [1.54, 1.807) is 0 Å². The maximum absolute atomic E-state index is 11.9. The first-order valence-corrected chi connectivity index (χ1v) is 8.81. The molecule has 0 saturated carbocycles. The Kier molecular flexibility index (Phi) is 6.36. The Balaban J connectivity index is 1.53. The van der Waals surface area contributed by atoms with E-state index in [-0.39, 0.29) is 6.61 Å². The van der Waals surface area contributed by atoms with Gasteiger partial charge in [0.1, 0.15) is 12.9 Å². The van der Waals surface area contributed by atoms with Crippen LogP contribution in [0, 0.1) is 0 Å². The Labute approximate surface area is 158 Å². The van der Waals surface area contributed by atoms with Crippen molar-refractivity contribution >= 4 is 12.4 Å². The van der Waals surface area contributed by atoms with Gasteiger partial charge in [0.2, 0.25) is 0 Å². The van der Waals surface area contributed by atoms with Crippen LogP contribution in [0.1, 0.15) is 11.1 Å². The molecule has 27 heavy (non-hydrogen) atoms. The van der Waals surface area contributed by atoms with Gasteiger partial charge in [-0.1, -0.05) is 84.9 Å². The van der Waals surface area contributed by atoms with Gasteiger partial charge in [-0.15, -0.1) is 0 Å². The Morgan fingerprint density at radius 3 is 2.04 bits per heavy atom. The number of hydrogen-bond donors (Lipinski definition) is 1. The van der Waals surface area contributed by atoms with Crippen molar-refractivity contribution < 1.29 is 14.3 Å². The van der Waals surface area contributed by atoms with E-state index < -0.39 is 12.1 Å². The third-order valence-electron chi connectivity index (χ3n) is 4.20. The van der Waals surface area contributed by atoms with Gasteiger partial charge in [-0.2, -0.15) is 0 Å². The van der Waals surface area contributed by atoms with Gasteiger partial charge in [0, 0.05) is 0 Å². The second-order valence-electron chi connectivity index (χ2n) is 6.22. The maximum atomic E-state index is 11.9. The fraction of sp³-hybridized carbons (Fsp3) is 0.130. The van der Waals surface area contributed by atoms with Crippen molar-refractivity contribution in [3.05, 3.63) is 96.1 Å². The van der Waals surface area contributed by atoms with Crippen molar-refractivity contribution in [3.63, 3.8) is 0 Å². The van der Waals surface area contributed by atoms with E-state index in [1.165, 1.54) is 0 Å². The van der Waals surface area contributed by atoms with Gasteiger partial charge in [0.25, 0.3) is 0 Å². The zero-order valence-corrected chi connectivity index (χ0v) is 14.9. The van der Waals surface area contributed by atoms with E-state index in [9.17, 15) is 9.59 Å². The van der Waals surface area contributed by atoms with E-state index in [4.69, 9.17) is 4.74 Å². The standard InChI is InChI=1S/C23H21NO3/c25-16-22(24-23(26)27-17-19-7-3-1-4-8-19)15-18-11-13-21(14-12-18)20-9-5-2-6-10-20/h1-14,16,22H,15,17H2,(H,24,26). The number of alkyl carbamates (subject to hydrolysis) is 1. The summed E-state index contributed by atoms with van der Waals surface area (Å²) in [5.41, 5.74) is 4.11. The first kappa shape index (κ1) is 18.4. The van der Waals surface area contributed by atoms with Crippen molar-refractivity contribution in [2.75, 3.05) is 0 Å². The monoisotopic (exact) mass is 359 g/mol. The molecule has 136 valence electrons. The van der Waals surface area contributed by atoms with Crippen molar-refractivity contribution in [1.29, 1.82) is 0 Å². The predicted octanol–water partition coefficient (Wildman–Crippen LogP) is 4.39. The summed E-state index contributed by atoms with van der Waals surface area (Å²) in [6, 6.07) is 26.8. The topological polar surface area (TPSA) is 55.4 Å². The molecule has 0 aliphatic heterocycles. The molecular formula is C23H21NO3. The quantitative estimate of drug-likeness (QED) is 0.637. The second kappa shape index (κ2) is 9.34.